The van der Waals surface area contributed by atoms with Crippen LogP contribution < -0.4 is 10.5 Å². The molecule has 37 heavy (non-hydrogen) atoms. The summed E-state index contributed by atoms with van der Waals surface area (Å²) in [5, 5.41) is 0. The fourth-order valence-electron chi connectivity index (χ4n) is 4.66. The van der Waals surface area contributed by atoms with Gasteiger partial charge in [-0.1, -0.05) is 6.92 Å². The molecule has 0 aromatic heterocycles. The van der Waals surface area contributed by atoms with E-state index in [1.807, 2.05) is 6.92 Å². The van der Waals surface area contributed by atoms with Gasteiger partial charge < -0.3 is 10.5 Å². The van der Waals surface area contributed by atoms with Gasteiger partial charge in [0.1, 0.15) is 11.6 Å². The lowest BCUT2D eigenvalue weighted by atomic mass is 9.81. The first-order chi connectivity index (χ1) is 17.2. The third kappa shape index (κ3) is 6.37. The summed E-state index contributed by atoms with van der Waals surface area (Å²) in [7, 11) is 0. The van der Waals surface area contributed by atoms with Crippen molar-refractivity contribution in [3.8, 4) is 5.75 Å². The SMILES string of the molecule is CC1(COc2cc(F)c(C(N)=O)cc2C2CC2)CCN(Cc2cc(C(F)(F)F)ccc2C(F)(F)F)CC1. The average Bonchev–Trinajstić information content (AvgIpc) is 3.63. The monoisotopic (exact) mass is 532 g/mol. The van der Waals surface area contributed by atoms with Gasteiger partial charge in [-0.05, 0) is 80.1 Å². The minimum absolute atomic E-state index is 0.165. The second-order valence-corrected chi connectivity index (χ2v) is 10.3. The van der Waals surface area contributed by atoms with Crippen LogP contribution in [0.2, 0.25) is 0 Å². The number of likely N-dealkylation sites (tertiary alicyclic amines) is 1. The molecule has 0 bridgehead atoms. The topological polar surface area (TPSA) is 55.6 Å². The van der Waals surface area contributed by atoms with Gasteiger partial charge in [0, 0.05) is 18.0 Å². The zero-order valence-electron chi connectivity index (χ0n) is 20.1. The second-order valence-electron chi connectivity index (χ2n) is 10.3. The van der Waals surface area contributed by atoms with Crippen molar-refractivity contribution in [1.82, 2.24) is 4.90 Å². The van der Waals surface area contributed by atoms with E-state index in [4.69, 9.17) is 10.5 Å². The smallest absolute Gasteiger partial charge is 0.416 e. The van der Waals surface area contributed by atoms with Gasteiger partial charge in [0.05, 0.1) is 23.3 Å². The number of amides is 1. The van der Waals surface area contributed by atoms with Crippen LogP contribution in [-0.2, 0) is 18.9 Å². The van der Waals surface area contributed by atoms with E-state index < -0.39 is 40.8 Å². The first-order valence-corrected chi connectivity index (χ1v) is 11.9. The molecule has 11 heteroatoms. The molecule has 4 rings (SSSR count). The van der Waals surface area contributed by atoms with Crippen molar-refractivity contribution >= 4 is 5.91 Å². The molecule has 0 spiro atoms. The van der Waals surface area contributed by atoms with E-state index >= 15 is 0 Å². The zero-order valence-corrected chi connectivity index (χ0v) is 20.1. The molecular formula is C26H27F7N2O2. The van der Waals surface area contributed by atoms with Gasteiger partial charge in [-0.3, -0.25) is 9.69 Å². The molecule has 1 saturated heterocycles. The Hall–Kier alpha value is -2.82. The van der Waals surface area contributed by atoms with Gasteiger partial charge in [0.15, 0.2) is 0 Å². The molecule has 1 heterocycles. The molecule has 2 fully saturated rings. The maximum atomic E-state index is 14.4. The highest BCUT2D eigenvalue weighted by molar-refractivity contribution is 5.93. The number of nitrogens with zero attached hydrogens (tertiary/aromatic N) is 1. The Labute approximate surface area is 209 Å². The molecule has 2 N–H and O–H groups in total. The van der Waals surface area contributed by atoms with Crippen molar-refractivity contribution in [2.24, 2.45) is 11.1 Å². The maximum absolute atomic E-state index is 14.4. The summed E-state index contributed by atoms with van der Waals surface area (Å²) < 4.78 is 100. The molecule has 1 saturated carbocycles. The van der Waals surface area contributed by atoms with Crippen LogP contribution >= 0.6 is 0 Å². The van der Waals surface area contributed by atoms with E-state index in [1.165, 1.54) is 12.1 Å². The Morgan fingerprint density at radius 2 is 1.70 bits per heavy atom. The molecule has 0 unspecified atom stereocenters. The van der Waals surface area contributed by atoms with Crippen LogP contribution in [0.3, 0.4) is 0 Å². The molecule has 2 aromatic carbocycles. The fourth-order valence-corrected chi connectivity index (χ4v) is 4.66. The summed E-state index contributed by atoms with van der Waals surface area (Å²) in [4.78, 5) is 13.2. The van der Waals surface area contributed by atoms with Crippen LogP contribution in [0.5, 0.6) is 5.75 Å². The average molecular weight is 532 g/mol. The van der Waals surface area contributed by atoms with Crippen LogP contribution in [-0.4, -0.2) is 30.5 Å². The minimum atomic E-state index is -4.77. The summed E-state index contributed by atoms with van der Waals surface area (Å²) in [6.45, 7) is 2.62. The van der Waals surface area contributed by atoms with Gasteiger partial charge in [-0.15, -0.1) is 0 Å². The highest BCUT2D eigenvalue weighted by Gasteiger charge is 2.38. The largest absolute Gasteiger partial charge is 0.493 e. The summed E-state index contributed by atoms with van der Waals surface area (Å²) >= 11 is 0. The summed E-state index contributed by atoms with van der Waals surface area (Å²) in [5.74, 6) is -1.13. The number of hydrogen-bond donors (Lipinski definition) is 1. The van der Waals surface area contributed by atoms with Crippen LogP contribution in [0.15, 0.2) is 30.3 Å². The minimum Gasteiger partial charge on any atom is -0.493 e. The summed E-state index contributed by atoms with van der Waals surface area (Å²) in [6.07, 6.45) is -6.69. The number of ether oxygens (including phenoxy) is 1. The molecular weight excluding hydrogens is 505 g/mol. The number of piperidine rings is 1. The maximum Gasteiger partial charge on any atom is 0.416 e. The Kier molecular flexibility index (Phi) is 7.22. The first kappa shape index (κ1) is 27.2. The van der Waals surface area contributed by atoms with Crippen LogP contribution in [0.25, 0.3) is 0 Å². The van der Waals surface area contributed by atoms with Crippen LogP contribution in [0, 0.1) is 11.2 Å². The lowest BCUT2D eigenvalue weighted by molar-refractivity contribution is -0.142. The van der Waals surface area contributed by atoms with E-state index in [0.29, 0.717) is 49.9 Å². The molecule has 4 nitrogen and oxygen atoms in total. The Balaban J connectivity index is 1.43. The number of halogens is 7. The quantitative estimate of drug-likeness (QED) is 0.413. The normalized spacial score (nSPS) is 18.6. The highest BCUT2D eigenvalue weighted by Crippen LogP contribution is 2.46. The molecule has 0 radical (unpaired) electrons. The Morgan fingerprint density at radius 1 is 1.05 bits per heavy atom. The third-order valence-electron chi connectivity index (χ3n) is 7.15. The number of nitrogens with two attached hydrogens (primary N) is 1. The lowest BCUT2D eigenvalue weighted by Gasteiger charge is -2.39. The number of primary amides is 1. The van der Waals surface area contributed by atoms with Gasteiger partial charge in [-0.25, -0.2) is 4.39 Å². The third-order valence-corrected chi connectivity index (χ3v) is 7.15. The zero-order chi connectivity index (χ0) is 27.2. The molecule has 202 valence electrons. The molecule has 1 aliphatic carbocycles. The molecule has 1 aliphatic heterocycles. The number of carbonyl (C=O) groups is 1. The fraction of sp³-hybridized carbons (Fsp3) is 0.500. The number of carbonyl (C=O) groups excluding carboxylic acids is 1. The van der Waals surface area contributed by atoms with Gasteiger partial charge in [-0.2, -0.15) is 26.3 Å². The summed E-state index contributed by atoms with van der Waals surface area (Å²) in [5.41, 5.74) is 2.79. The second kappa shape index (κ2) is 9.81. The number of benzene rings is 2. The van der Waals surface area contributed by atoms with Crippen LogP contribution in [0.1, 0.15) is 71.1 Å². The predicted molar refractivity (Wildman–Crippen MR) is 121 cm³/mol. The molecule has 1 amide bonds. The van der Waals surface area contributed by atoms with Gasteiger partial charge in [0.2, 0.25) is 0 Å². The van der Waals surface area contributed by atoms with Crippen molar-refractivity contribution in [3.63, 3.8) is 0 Å². The Morgan fingerprint density at radius 3 is 2.24 bits per heavy atom. The first-order valence-electron chi connectivity index (χ1n) is 11.9. The van der Waals surface area contributed by atoms with Gasteiger partial charge >= 0.3 is 12.4 Å². The van der Waals surface area contributed by atoms with Gasteiger partial charge in [0.25, 0.3) is 5.91 Å². The molecule has 2 aromatic rings. The molecule has 0 atom stereocenters. The predicted octanol–water partition coefficient (Wildman–Crippen LogP) is 6.52. The van der Waals surface area contributed by atoms with E-state index in [1.54, 1.807) is 4.90 Å². The van der Waals surface area contributed by atoms with Crippen molar-refractivity contribution in [2.45, 2.75) is 57.4 Å². The van der Waals surface area contributed by atoms with E-state index in [0.717, 1.165) is 18.4 Å². The number of hydrogen-bond acceptors (Lipinski definition) is 3. The van der Waals surface area contributed by atoms with Crippen molar-refractivity contribution < 1.29 is 40.3 Å². The number of alkyl halides is 6. The van der Waals surface area contributed by atoms with Crippen LogP contribution in [0.4, 0.5) is 30.7 Å². The van der Waals surface area contributed by atoms with Crippen molar-refractivity contribution in [1.29, 1.82) is 0 Å². The Bertz CT molecular complexity index is 1160. The lowest BCUT2D eigenvalue weighted by Crippen LogP contribution is -2.41. The van der Waals surface area contributed by atoms with E-state index in [2.05, 4.69) is 0 Å². The molecule has 2 aliphatic rings. The number of rotatable bonds is 7. The summed E-state index contributed by atoms with van der Waals surface area (Å²) in [6, 6.07) is 4.11. The van der Waals surface area contributed by atoms with Crippen molar-refractivity contribution in [3.05, 3.63) is 64.0 Å². The van der Waals surface area contributed by atoms with Crippen molar-refractivity contribution in [2.75, 3.05) is 19.7 Å². The standard InChI is InChI=1S/C26H27F7N2O2/c1-24(14-37-22-12-21(27)19(23(34)36)11-18(22)15-2-3-15)6-8-35(9-7-24)13-16-10-17(25(28,29)30)4-5-20(16)26(31,32)33/h4-5,10-12,15H,2-3,6-9,13-14H2,1H3,(H2,34,36). The van der Waals surface area contributed by atoms with E-state index in [9.17, 15) is 35.5 Å². The van der Waals surface area contributed by atoms with E-state index in [-0.39, 0.29) is 30.0 Å². The highest BCUT2D eigenvalue weighted by atomic mass is 19.4.